The summed E-state index contributed by atoms with van der Waals surface area (Å²) in [5.74, 6) is 0. The standard InChI is InChI=1S/C14H21NO/c1-2-12-5-7-13(8-6-12)10-15-11-14-4-3-9-16-14/h5-8,14-15H,2-4,9-11H2,1H3/p+1/t14-/m0/s1. The van der Waals surface area contributed by atoms with E-state index in [0.717, 1.165) is 26.1 Å². The second-order valence-electron chi connectivity index (χ2n) is 4.53. The Kier molecular flexibility index (Phi) is 4.37. The van der Waals surface area contributed by atoms with E-state index in [2.05, 4.69) is 36.5 Å². The van der Waals surface area contributed by atoms with Crippen molar-refractivity contribution in [3.8, 4) is 0 Å². The number of quaternary nitrogens is 1. The van der Waals surface area contributed by atoms with Crippen molar-refractivity contribution in [1.82, 2.24) is 0 Å². The van der Waals surface area contributed by atoms with Gasteiger partial charge in [0.05, 0.1) is 0 Å². The summed E-state index contributed by atoms with van der Waals surface area (Å²) in [5, 5.41) is 2.36. The third kappa shape index (κ3) is 3.32. The first-order chi connectivity index (χ1) is 7.88. The van der Waals surface area contributed by atoms with Crippen molar-refractivity contribution < 1.29 is 10.1 Å². The fraction of sp³-hybridized carbons (Fsp3) is 0.571. The van der Waals surface area contributed by atoms with Crippen LogP contribution in [0.5, 0.6) is 0 Å². The van der Waals surface area contributed by atoms with Crippen LogP contribution in [0.25, 0.3) is 0 Å². The number of aryl methyl sites for hydroxylation is 1. The number of benzene rings is 1. The molecule has 1 aliphatic rings. The van der Waals surface area contributed by atoms with Crippen molar-refractivity contribution in [1.29, 1.82) is 0 Å². The molecule has 1 heterocycles. The van der Waals surface area contributed by atoms with Gasteiger partial charge in [-0.15, -0.1) is 0 Å². The maximum atomic E-state index is 5.60. The lowest BCUT2D eigenvalue weighted by atomic mass is 10.1. The van der Waals surface area contributed by atoms with Gasteiger partial charge in [0, 0.05) is 12.2 Å². The van der Waals surface area contributed by atoms with Crippen LogP contribution in [0.4, 0.5) is 0 Å². The van der Waals surface area contributed by atoms with Gasteiger partial charge >= 0.3 is 0 Å². The molecular formula is C14H22NO+. The normalized spacial score (nSPS) is 20.2. The molecule has 1 fully saturated rings. The topological polar surface area (TPSA) is 25.8 Å². The van der Waals surface area contributed by atoms with Crippen LogP contribution in [0.3, 0.4) is 0 Å². The lowest BCUT2D eigenvalue weighted by Gasteiger charge is -2.08. The molecule has 0 radical (unpaired) electrons. The van der Waals surface area contributed by atoms with E-state index in [1.165, 1.54) is 24.0 Å². The first-order valence-corrected chi connectivity index (χ1v) is 6.39. The third-order valence-corrected chi connectivity index (χ3v) is 3.26. The van der Waals surface area contributed by atoms with Crippen molar-refractivity contribution in [3.63, 3.8) is 0 Å². The van der Waals surface area contributed by atoms with Gasteiger partial charge in [-0.3, -0.25) is 0 Å². The van der Waals surface area contributed by atoms with E-state index in [1.807, 2.05) is 0 Å². The molecule has 1 saturated heterocycles. The Balaban J connectivity index is 1.71. The lowest BCUT2D eigenvalue weighted by molar-refractivity contribution is -0.676. The maximum Gasteiger partial charge on any atom is 0.106 e. The van der Waals surface area contributed by atoms with Gasteiger partial charge in [0.15, 0.2) is 0 Å². The smallest absolute Gasteiger partial charge is 0.106 e. The first kappa shape index (κ1) is 11.6. The van der Waals surface area contributed by atoms with E-state index in [0.29, 0.717) is 6.10 Å². The molecular weight excluding hydrogens is 198 g/mol. The van der Waals surface area contributed by atoms with Gasteiger partial charge in [-0.25, -0.2) is 0 Å². The Morgan fingerprint density at radius 1 is 1.25 bits per heavy atom. The van der Waals surface area contributed by atoms with Gasteiger partial charge in [0.25, 0.3) is 0 Å². The average molecular weight is 220 g/mol. The predicted octanol–water partition coefficient (Wildman–Crippen LogP) is 1.49. The quantitative estimate of drug-likeness (QED) is 0.799. The molecule has 0 spiro atoms. The minimum atomic E-state index is 0.495. The van der Waals surface area contributed by atoms with E-state index in [1.54, 1.807) is 0 Å². The van der Waals surface area contributed by atoms with Crippen molar-refractivity contribution in [2.45, 2.75) is 38.8 Å². The maximum absolute atomic E-state index is 5.60. The summed E-state index contributed by atoms with van der Waals surface area (Å²) in [6.07, 6.45) is 4.10. The molecule has 1 atom stereocenters. The van der Waals surface area contributed by atoms with Crippen LogP contribution in [-0.2, 0) is 17.7 Å². The van der Waals surface area contributed by atoms with Crippen LogP contribution in [-0.4, -0.2) is 19.3 Å². The molecule has 2 rings (SSSR count). The molecule has 0 aliphatic carbocycles. The van der Waals surface area contributed by atoms with Gasteiger partial charge in [-0.1, -0.05) is 31.2 Å². The molecule has 0 saturated carbocycles. The summed E-state index contributed by atoms with van der Waals surface area (Å²) in [7, 11) is 0. The Labute approximate surface area is 98.0 Å². The highest BCUT2D eigenvalue weighted by Crippen LogP contribution is 2.09. The summed E-state index contributed by atoms with van der Waals surface area (Å²) in [6.45, 7) is 5.33. The molecule has 1 aliphatic heterocycles. The molecule has 0 amide bonds. The second-order valence-corrected chi connectivity index (χ2v) is 4.53. The predicted molar refractivity (Wildman–Crippen MR) is 65.3 cm³/mol. The van der Waals surface area contributed by atoms with Gasteiger partial charge in [0.1, 0.15) is 19.2 Å². The average Bonchev–Trinajstić information content (AvgIpc) is 2.83. The van der Waals surface area contributed by atoms with E-state index < -0.39 is 0 Å². The van der Waals surface area contributed by atoms with Gasteiger partial charge < -0.3 is 10.1 Å². The van der Waals surface area contributed by atoms with Crippen LogP contribution in [0, 0.1) is 0 Å². The highest BCUT2D eigenvalue weighted by Gasteiger charge is 2.16. The van der Waals surface area contributed by atoms with Crippen LogP contribution in [0.2, 0.25) is 0 Å². The fourth-order valence-corrected chi connectivity index (χ4v) is 2.18. The minimum absolute atomic E-state index is 0.495. The zero-order chi connectivity index (χ0) is 11.2. The summed E-state index contributed by atoms with van der Waals surface area (Å²) in [4.78, 5) is 0. The molecule has 1 aromatic carbocycles. The van der Waals surface area contributed by atoms with Gasteiger partial charge in [-0.05, 0) is 24.8 Å². The zero-order valence-electron chi connectivity index (χ0n) is 10.1. The van der Waals surface area contributed by atoms with Crippen LogP contribution in [0.1, 0.15) is 30.9 Å². The largest absolute Gasteiger partial charge is 0.372 e. The molecule has 2 N–H and O–H groups in total. The Morgan fingerprint density at radius 3 is 2.62 bits per heavy atom. The number of rotatable bonds is 5. The van der Waals surface area contributed by atoms with E-state index in [9.17, 15) is 0 Å². The fourth-order valence-electron chi connectivity index (χ4n) is 2.18. The zero-order valence-corrected chi connectivity index (χ0v) is 10.1. The molecule has 2 heteroatoms. The highest BCUT2D eigenvalue weighted by molar-refractivity contribution is 5.21. The number of hydrogen-bond acceptors (Lipinski definition) is 1. The summed E-state index contributed by atoms with van der Waals surface area (Å²) < 4.78 is 5.60. The monoisotopic (exact) mass is 220 g/mol. The molecule has 16 heavy (non-hydrogen) atoms. The second kappa shape index (κ2) is 6.02. The van der Waals surface area contributed by atoms with Crippen molar-refractivity contribution >= 4 is 0 Å². The molecule has 0 bridgehead atoms. The number of nitrogens with two attached hydrogens (primary N) is 1. The lowest BCUT2D eigenvalue weighted by Crippen LogP contribution is -2.84. The number of ether oxygens (including phenoxy) is 1. The molecule has 1 aromatic rings. The SMILES string of the molecule is CCc1ccc(C[NH2+]C[C@@H]2CCCO2)cc1. The van der Waals surface area contributed by atoms with Crippen LogP contribution < -0.4 is 5.32 Å². The van der Waals surface area contributed by atoms with Crippen molar-refractivity contribution in [2.75, 3.05) is 13.2 Å². The Morgan fingerprint density at radius 2 is 2.00 bits per heavy atom. The third-order valence-electron chi connectivity index (χ3n) is 3.26. The van der Waals surface area contributed by atoms with E-state index in [4.69, 9.17) is 4.74 Å². The Bertz CT molecular complexity index is 301. The van der Waals surface area contributed by atoms with Gasteiger partial charge in [0.2, 0.25) is 0 Å². The molecule has 0 unspecified atom stereocenters. The minimum Gasteiger partial charge on any atom is -0.372 e. The van der Waals surface area contributed by atoms with Crippen LogP contribution in [0.15, 0.2) is 24.3 Å². The molecule has 88 valence electrons. The van der Waals surface area contributed by atoms with Crippen LogP contribution >= 0.6 is 0 Å². The van der Waals surface area contributed by atoms with Crippen molar-refractivity contribution in [2.24, 2.45) is 0 Å². The number of hydrogen-bond donors (Lipinski definition) is 1. The first-order valence-electron chi connectivity index (χ1n) is 6.39. The summed E-state index contributed by atoms with van der Waals surface area (Å²) in [5.41, 5.74) is 2.83. The van der Waals surface area contributed by atoms with E-state index >= 15 is 0 Å². The summed E-state index contributed by atoms with van der Waals surface area (Å²) in [6, 6.07) is 8.94. The van der Waals surface area contributed by atoms with Crippen molar-refractivity contribution in [3.05, 3.63) is 35.4 Å². The molecule has 2 nitrogen and oxygen atoms in total. The van der Waals surface area contributed by atoms with Gasteiger partial charge in [-0.2, -0.15) is 0 Å². The summed E-state index contributed by atoms with van der Waals surface area (Å²) >= 11 is 0. The molecule has 0 aromatic heterocycles. The Hall–Kier alpha value is -0.860. The van der Waals surface area contributed by atoms with E-state index in [-0.39, 0.29) is 0 Å². The highest BCUT2D eigenvalue weighted by atomic mass is 16.5.